The van der Waals surface area contributed by atoms with Crippen molar-refractivity contribution < 1.29 is 0 Å². The van der Waals surface area contributed by atoms with Gasteiger partial charge in [-0.1, -0.05) is 38.0 Å². The Morgan fingerprint density at radius 1 is 1.29 bits per heavy atom. The third kappa shape index (κ3) is 2.71. The zero-order valence-corrected chi connectivity index (χ0v) is 10.1. The fourth-order valence-corrected chi connectivity index (χ4v) is 1.84. The second kappa shape index (κ2) is 5.59. The van der Waals surface area contributed by atoms with E-state index in [4.69, 9.17) is 5.73 Å². The van der Waals surface area contributed by atoms with Crippen LogP contribution in [0.1, 0.15) is 38.1 Å². The van der Waals surface area contributed by atoms with Crippen LogP contribution in [0, 0.1) is 0 Å². The van der Waals surface area contributed by atoms with Gasteiger partial charge in [0, 0.05) is 5.69 Å². The summed E-state index contributed by atoms with van der Waals surface area (Å²) in [4.78, 5) is 0. The van der Waals surface area contributed by atoms with Gasteiger partial charge in [0.25, 0.3) is 0 Å². The Morgan fingerprint density at radius 3 is 2.76 bits per heavy atom. The van der Waals surface area contributed by atoms with Crippen LogP contribution >= 0.6 is 0 Å². The van der Waals surface area contributed by atoms with Crippen molar-refractivity contribution in [1.29, 1.82) is 0 Å². The van der Waals surface area contributed by atoms with E-state index in [1.165, 1.54) is 0 Å². The maximum Gasteiger partial charge on any atom is 0.154 e. The van der Waals surface area contributed by atoms with Gasteiger partial charge in [-0.15, -0.1) is 10.2 Å². The maximum absolute atomic E-state index is 6.14. The highest BCUT2D eigenvalue weighted by Crippen LogP contribution is 2.17. The first-order chi connectivity index (χ1) is 8.33. The van der Waals surface area contributed by atoms with Gasteiger partial charge in [-0.2, -0.15) is 0 Å². The summed E-state index contributed by atoms with van der Waals surface area (Å²) in [5.74, 6) is 0.838. The molecule has 0 bridgehead atoms. The number of rotatable bonds is 5. The van der Waals surface area contributed by atoms with Crippen molar-refractivity contribution >= 4 is 0 Å². The van der Waals surface area contributed by atoms with Crippen LogP contribution in [0.2, 0.25) is 0 Å². The SMILES string of the molecule is CCCCC(N)c1nncn1-c1ccccc1. The number of unbranched alkanes of at least 4 members (excludes halogenated alkanes) is 1. The molecule has 0 aliphatic heterocycles. The van der Waals surface area contributed by atoms with Gasteiger partial charge in [0.05, 0.1) is 6.04 Å². The molecular formula is C13H18N4. The Bertz CT molecular complexity index is 449. The molecular weight excluding hydrogens is 212 g/mol. The van der Waals surface area contributed by atoms with Crippen molar-refractivity contribution in [1.82, 2.24) is 14.8 Å². The van der Waals surface area contributed by atoms with Gasteiger partial charge in [-0.25, -0.2) is 0 Å². The molecule has 90 valence electrons. The lowest BCUT2D eigenvalue weighted by Gasteiger charge is -2.12. The molecule has 1 heterocycles. The number of para-hydroxylation sites is 1. The Hall–Kier alpha value is -1.68. The summed E-state index contributed by atoms with van der Waals surface area (Å²) in [5, 5.41) is 8.09. The summed E-state index contributed by atoms with van der Waals surface area (Å²) in [5.41, 5.74) is 7.20. The van der Waals surface area contributed by atoms with Crippen molar-refractivity contribution in [2.24, 2.45) is 5.73 Å². The Balaban J connectivity index is 2.23. The highest BCUT2D eigenvalue weighted by atomic mass is 15.3. The van der Waals surface area contributed by atoms with Gasteiger partial charge < -0.3 is 5.73 Å². The molecule has 0 spiro atoms. The van der Waals surface area contributed by atoms with Gasteiger partial charge in [0.1, 0.15) is 6.33 Å². The second-order valence-corrected chi connectivity index (χ2v) is 4.14. The minimum Gasteiger partial charge on any atom is -0.321 e. The first-order valence-corrected chi connectivity index (χ1v) is 6.04. The quantitative estimate of drug-likeness (QED) is 0.858. The number of aromatic nitrogens is 3. The van der Waals surface area contributed by atoms with Crippen molar-refractivity contribution in [2.45, 2.75) is 32.2 Å². The van der Waals surface area contributed by atoms with Crippen LogP contribution in [0.3, 0.4) is 0 Å². The largest absolute Gasteiger partial charge is 0.321 e. The molecule has 0 amide bonds. The molecule has 0 aliphatic carbocycles. The molecule has 0 fully saturated rings. The van der Waals surface area contributed by atoms with E-state index in [1.54, 1.807) is 6.33 Å². The smallest absolute Gasteiger partial charge is 0.154 e. The van der Waals surface area contributed by atoms with E-state index in [-0.39, 0.29) is 6.04 Å². The van der Waals surface area contributed by atoms with Crippen LogP contribution in [-0.2, 0) is 0 Å². The number of hydrogen-bond donors (Lipinski definition) is 1. The molecule has 0 saturated heterocycles. The molecule has 2 aromatic rings. The second-order valence-electron chi connectivity index (χ2n) is 4.14. The molecule has 0 aliphatic rings. The summed E-state index contributed by atoms with van der Waals surface area (Å²) in [6, 6.07) is 9.99. The van der Waals surface area contributed by atoms with E-state index in [0.29, 0.717) is 0 Å². The molecule has 4 nitrogen and oxygen atoms in total. The zero-order valence-electron chi connectivity index (χ0n) is 10.1. The summed E-state index contributed by atoms with van der Waals surface area (Å²) in [6.45, 7) is 2.16. The van der Waals surface area contributed by atoms with Crippen LogP contribution in [-0.4, -0.2) is 14.8 Å². The van der Waals surface area contributed by atoms with Gasteiger partial charge in [-0.3, -0.25) is 4.57 Å². The van der Waals surface area contributed by atoms with Crippen LogP contribution in [0.25, 0.3) is 5.69 Å². The highest BCUT2D eigenvalue weighted by Gasteiger charge is 2.13. The Kier molecular flexibility index (Phi) is 3.88. The number of benzene rings is 1. The van der Waals surface area contributed by atoms with Crippen molar-refractivity contribution in [3.63, 3.8) is 0 Å². The molecule has 4 heteroatoms. The summed E-state index contributed by atoms with van der Waals surface area (Å²) >= 11 is 0. The molecule has 1 aromatic heterocycles. The van der Waals surface area contributed by atoms with E-state index in [9.17, 15) is 0 Å². The summed E-state index contributed by atoms with van der Waals surface area (Å²) < 4.78 is 1.96. The molecule has 1 atom stereocenters. The monoisotopic (exact) mass is 230 g/mol. The molecule has 0 radical (unpaired) electrons. The average Bonchev–Trinajstić information content (AvgIpc) is 2.86. The van der Waals surface area contributed by atoms with E-state index >= 15 is 0 Å². The normalized spacial score (nSPS) is 12.6. The Labute approximate surface area is 101 Å². The van der Waals surface area contributed by atoms with Crippen LogP contribution in [0.4, 0.5) is 0 Å². The first-order valence-electron chi connectivity index (χ1n) is 6.04. The summed E-state index contributed by atoms with van der Waals surface area (Å²) in [7, 11) is 0. The molecule has 1 aromatic carbocycles. The minimum absolute atomic E-state index is 0.0438. The van der Waals surface area contributed by atoms with Crippen LogP contribution in [0.15, 0.2) is 36.7 Å². The number of hydrogen-bond acceptors (Lipinski definition) is 3. The Morgan fingerprint density at radius 2 is 2.06 bits per heavy atom. The van der Waals surface area contributed by atoms with Crippen LogP contribution < -0.4 is 5.73 Å². The first kappa shape index (κ1) is 11.8. The van der Waals surface area contributed by atoms with Gasteiger partial charge >= 0.3 is 0 Å². The number of nitrogens with two attached hydrogens (primary N) is 1. The van der Waals surface area contributed by atoms with Crippen molar-refractivity contribution in [3.8, 4) is 5.69 Å². The zero-order chi connectivity index (χ0) is 12.1. The maximum atomic E-state index is 6.14. The van der Waals surface area contributed by atoms with Gasteiger partial charge in [-0.05, 0) is 18.6 Å². The predicted molar refractivity (Wildman–Crippen MR) is 67.8 cm³/mol. The van der Waals surface area contributed by atoms with E-state index < -0.39 is 0 Å². The average molecular weight is 230 g/mol. The molecule has 0 saturated carbocycles. The predicted octanol–water partition coefficient (Wildman–Crippen LogP) is 2.46. The fraction of sp³-hybridized carbons (Fsp3) is 0.385. The third-order valence-electron chi connectivity index (χ3n) is 2.81. The third-order valence-corrected chi connectivity index (χ3v) is 2.81. The molecule has 1 unspecified atom stereocenters. The van der Waals surface area contributed by atoms with Crippen molar-refractivity contribution in [3.05, 3.63) is 42.5 Å². The lowest BCUT2D eigenvalue weighted by atomic mass is 10.1. The molecule has 17 heavy (non-hydrogen) atoms. The molecule has 2 rings (SSSR count). The van der Waals surface area contributed by atoms with E-state index in [1.807, 2.05) is 34.9 Å². The van der Waals surface area contributed by atoms with Crippen LogP contribution in [0.5, 0.6) is 0 Å². The topological polar surface area (TPSA) is 56.7 Å². The van der Waals surface area contributed by atoms with E-state index in [2.05, 4.69) is 17.1 Å². The lowest BCUT2D eigenvalue weighted by molar-refractivity contribution is 0.566. The standard InChI is InChI=1S/C13H18N4/c1-2-3-9-12(14)13-16-15-10-17(13)11-7-5-4-6-8-11/h4-8,10,12H,2-3,9,14H2,1H3. The van der Waals surface area contributed by atoms with Gasteiger partial charge in [0.2, 0.25) is 0 Å². The van der Waals surface area contributed by atoms with Crippen molar-refractivity contribution in [2.75, 3.05) is 0 Å². The highest BCUT2D eigenvalue weighted by molar-refractivity contribution is 5.32. The minimum atomic E-state index is -0.0438. The van der Waals surface area contributed by atoms with Gasteiger partial charge in [0.15, 0.2) is 5.82 Å². The summed E-state index contributed by atoms with van der Waals surface area (Å²) in [6.07, 6.45) is 4.93. The lowest BCUT2D eigenvalue weighted by Crippen LogP contribution is -2.15. The fourth-order valence-electron chi connectivity index (χ4n) is 1.84. The molecule has 2 N–H and O–H groups in total. The van der Waals surface area contributed by atoms with E-state index in [0.717, 1.165) is 30.8 Å². The number of nitrogens with zero attached hydrogens (tertiary/aromatic N) is 3.